The zero-order valence-electron chi connectivity index (χ0n) is 7.96. The van der Waals surface area contributed by atoms with E-state index in [0.29, 0.717) is 13.3 Å². The minimum atomic E-state index is 0. The summed E-state index contributed by atoms with van der Waals surface area (Å²) in [5.41, 5.74) is 0. The molecule has 0 aromatic carbocycles. The van der Waals surface area contributed by atoms with Crippen molar-refractivity contribution >= 4 is 37.2 Å². The summed E-state index contributed by atoms with van der Waals surface area (Å²) in [5.74, 6) is 0. The standard InChI is InChI=1S/2C4H10.2CH4.I3/c2*1-3-4-2;;;1-3-2/h2*3-4H2,1-2H3;2*1H4;/q;;;;-1. The van der Waals surface area contributed by atoms with E-state index in [-0.39, 0.29) is 14.9 Å². The van der Waals surface area contributed by atoms with Crippen LogP contribution in [-0.2, 0) is 0 Å². The van der Waals surface area contributed by atoms with E-state index in [2.05, 4.69) is 64.9 Å². The van der Waals surface area contributed by atoms with E-state index in [0.717, 1.165) is 0 Å². The van der Waals surface area contributed by atoms with Gasteiger partial charge in [0.1, 0.15) is 0 Å². The number of hydrogen-bond donors (Lipinski definition) is 0. The van der Waals surface area contributed by atoms with Gasteiger partial charge in [0.05, 0.1) is 0 Å². The minimum absolute atomic E-state index is 0. The molecule has 90 valence electrons. The van der Waals surface area contributed by atoms with Gasteiger partial charge >= 0.3 is 50.5 Å². The molecule has 0 fully saturated rings. The van der Waals surface area contributed by atoms with E-state index < -0.39 is 0 Å². The molecule has 0 atom stereocenters. The summed E-state index contributed by atoms with van der Waals surface area (Å²) in [4.78, 5) is 0. The zero-order valence-corrected chi connectivity index (χ0v) is 14.4. The Hall–Kier alpha value is 2.19. The van der Waals surface area contributed by atoms with E-state index in [1.54, 1.807) is 0 Å². The van der Waals surface area contributed by atoms with Crippen LogP contribution in [0.3, 0.4) is 0 Å². The fraction of sp³-hybridized carbons (Fsp3) is 1.00. The second kappa shape index (κ2) is 47.8. The summed E-state index contributed by atoms with van der Waals surface area (Å²) >= 11 is 5.30. The van der Waals surface area contributed by atoms with Crippen molar-refractivity contribution < 1.29 is 13.3 Å². The van der Waals surface area contributed by atoms with Crippen LogP contribution in [0.25, 0.3) is 0 Å². The van der Waals surface area contributed by atoms with Crippen LogP contribution in [0.5, 0.6) is 0 Å². The Labute approximate surface area is 117 Å². The molecule has 0 amide bonds. The molecular formula is C10H28I3-. The number of rotatable bonds is 2. The van der Waals surface area contributed by atoms with E-state index in [9.17, 15) is 0 Å². The first kappa shape index (κ1) is 29.5. The van der Waals surface area contributed by atoms with Crippen molar-refractivity contribution in [3.05, 3.63) is 0 Å². The van der Waals surface area contributed by atoms with Crippen LogP contribution in [0.4, 0.5) is 0 Å². The summed E-state index contributed by atoms with van der Waals surface area (Å²) < 4.78 is 0. The molecule has 0 unspecified atom stereocenters. The second-order valence-electron chi connectivity index (χ2n) is 2.05. The average Bonchev–Trinajstić information content (AvgIpc) is 2.06. The molecule has 0 bridgehead atoms. The Morgan fingerprint density at radius 3 is 0.769 bits per heavy atom. The Morgan fingerprint density at radius 1 is 0.692 bits per heavy atom. The van der Waals surface area contributed by atoms with Crippen molar-refractivity contribution in [3.63, 3.8) is 0 Å². The molecule has 0 radical (unpaired) electrons. The maximum atomic E-state index is 2.39. The van der Waals surface area contributed by atoms with E-state index in [1.807, 2.05) is 0 Å². The van der Waals surface area contributed by atoms with Crippen molar-refractivity contribution in [1.29, 1.82) is 0 Å². The molecule has 0 aliphatic heterocycles. The van der Waals surface area contributed by atoms with Gasteiger partial charge in [-0.3, -0.25) is 0 Å². The third-order valence-corrected chi connectivity index (χ3v) is 1.000. The Bertz CT molecular complexity index is 25.4. The topological polar surface area (TPSA) is 0 Å². The fourth-order valence-electron chi connectivity index (χ4n) is 0. The Morgan fingerprint density at radius 2 is 0.769 bits per heavy atom. The van der Waals surface area contributed by atoms with Gasteiger partial charge in [-0.05, 0) is 0 Å². The molecule has 3 heteroatoms. The zero-order chi connectivity index (χ0) is 9.54. The normalized spacial score (nSPS) is 6.31. The quantitative estimate of drug-likeness (QED) is 0.480. The van der Waals surface area contributed by atoms with Gasteiger partial charge in [-0.2, -0.15) is 0 Å². The number of halogens is 3. The van der Waals surface area contributed by atoms with Gasteiger partial charge in [-0.1, -0.05) is 68.2 Å². The monoisotopic (exact) mass is 529 g/mol. The number of hydrogen-bond acceptors (Lipinski definition) is 0. The summed E-state index contributed by atoms with van der Waals surface area (Å²) in [6.45, 7) is 8.72. The molecule has 0 saturated carbocycles. The van der Waals surface area contributed by atoms with Crippen molar-refractivity contribution in [2.24, 2.45) is 0 Å². The fourth-order valence-corrected chi connectivity index (χ4v) is 0. The van der Waals surface area contributed by atoms with Crippen LogP contribution >= 0.6 is 37.2 Å². The van der Waals surface area contributed by atoms with Gasteiger partial charge in [-0.25, -0.2) is 0 Å². The molecule has 0 spiro atoms. The molecule has 0 rings (SSSR count). The van der Waals surface area contributed by atoms with E-state index >= 15 is 0 Å². The molecular weight excluding hydrogens is 501 g/mol. The molecule has 13 heavy (non-hydrogen) atoms. The van der Waals surface area contributed by atoms with Gasteiger partial charge in [0.15, 0.2) is 0 Å². The van der Waals surface area contributed by atoms with Crippen LogP contribution in [0.15, 0.2) is 0 Å². The third kappa shape index (κ3) is 120. The molecule has 0 N–H and O–H groups in total. The summed E-state index contributed by atoms with van der Waals surface area (Å²) in [5, 5.41) is 0. The second-order valence-corrected chi connectivity index (χ2v) is 18.3. The van der Waals surface area contributed by atoms with Crippen molar-refractivity contribution in [1.82, 2.24) is 0 Å². The summed E-state index contributed by atoms with van der Waals surface area (Å²) in [7, 11) is 0. The maximum absolute atomic E-state index is 2.39. The van der Waals surface area contributed by atoms with Crippen LogP contribution in [0, 0.1) is 0 Å². The SMILES string of the molecule is C.C.CCCC.CCCC.I[I-]I. The molecule has 0 heterocycles. The van der Waals surface area contributed by atoms with E-state index in [4.69, 9.17) is 0 Å². The van der Waals surface area contributed by atoms with Crippen molar-refractivity contribution in [2.75, 3.05) is 0 Å². The molecule has 0 aliphatic carbocycles. The van der Waals surface area contributed by atoms with Crippen molar-refractivity contribution in [3.8, 4) is 0 Å². The predicted molar refractivity (Wildman–Crippen MR) is 82.7 cm³/mol. The van der Waals surface area contributed by atoms with Crippen LogP contribution in [0.1, 0.15) is 68.2 Å². The molecule has 0 saturated heterocycles. The number of unbranched alkanes of at least 4 members (excludes halogenated alkanes) is 2. The Kier molecular flexibility index (Phi) is 108. The van der Waals surface area contributed by atoms with Gasteiger partial charge in [0.2, 0.25) is 0 Å². The van der Waals surface area contributed by atoms with Crippen LogP contribution < -0.4 is 13.3 Å². The van der Waals surface area contributed by atoms with Gasteiger partial charge in [0.25, 0.3) is 0 Å². The third-order valence-electron chi connectivity index (χ3n) is 1.000. The molecule has 0 aromatic rings. The van der Waals surface area contributed by atoms with Gasteiger partial charge < -0.3 is 0 Å². The molecule has 0 aliphatic rings. The first-order chi connectivity index (χ1) is 5.24. The van der Waals surface area contributed by atoms with Crippen LogP contribution in [-0.4, -0.2) is 0 Å². The van der Waals surface area contributed by atoms with Crippen LogP contribution in [0.2, 0.25) is 0 Å². The Balaban J connectivity index is -0.0000000231. The van der Waals surface area contributed by atoms with E-state index in [1.165, 1.54) is 25.7 Å². The summed E-state index contributed by atoms with van der Waals surface area (Å²) in [6.07, 6.45) is 5.28. The predicted octanol–water partition coefficient (Wildman–Crippen LogP) is 3.66. The van der Waals surface area contributed by atoms with Crippen molar-refractivity contribution in [2.45, 2.75) is 68.2 Å². The van der Waals surface area contributed by atoms with Gasteiger partial charge in [0, 0.05) is 0 Å². The average molecular weight is 529 g/mol. The summed E-state index contributed by atoms with van der Waals surface area (Å²) in [6, 6.07) is 0. The molecule has 0 nitrogen and oxygen atoms in total. The van der Waals surface area contributed by atoms with Gasteiger partial charge in [-0.15, -0.1) is 0 Å². The molecule has 0 aromatic heterocycles. The first-order valence-electron chi connectivity index (χ1n) is 4.11. The first-order valence-corrected chi connectivity index (χ1v) is 16.7.